The summed E-state index contributed by atoms with van der Waals surface area (Å²) in [6, 6.07) is 4.73. The van der Waals surface area contributed by atoms with Gasteiger partial charge in [-0.2, -0.15) is 0 Å². The molecular weight excluding hydrogens is 283 g/mol. The van der Waals surface area contributed by atoms with Gasteiger partial charge in [0.2, 0.25) is 5.91 Å². The molecule has 1 aliphatic heterocycles. The van der Waals surface area contributed by atoms with Gasteiger partial charge in [0.1, 0.15) is 0 Å². The second-order valence-electron chi connectivity index (χ2n) is 6.06. The summed E-state index contributed by atoms with van der Waals surface area (Å²) in [7, 11) is 1.45. The van der Waals surface area contributed by atoms with E-state index in [9.17, 15) is 9.18 Å². The van der Waals surface area contributed by atoms with Crippen LogP contribution in [0.1, 0.15) is 38.3 Å². The molecule has 1 atom stereocenters. The molecule has 1 fully saturated rings. The highest BCUT2D eigenvalue weighted by atomic mass is 19.1. The fourth-order valence-corrected chi connectivity index (χ4v) is 2.67. The molecule has 1 aromatic carbocycles. The van der Waals surface area contributed by atoms with E-state index in [-0.39, 0.29) is 23.5 Å². The highest BCUT2D eigenvalue weighted by Gasteiger charge is 2.20. The molecule has 0 bridgehead atoms. The second kappa shape index (κ2) is 7.58. The van der Waals surface area contributed by atoms with Crippen LogP contribution in [0, 0.1) is 11.7 Å². The fraction of sp³-hybridized carbons (Fsp3) is 0.588. The summed E-state index contributed by atoms with van der Waals surface area (Å²) < 4.78 is 18.4. The minimum absolute atomic E-state index is 0.0397. The Labute approximate surface area is 131 Å². The van der Waals surface area contributed by atoms with E-state index in [4.69, 9.17) is 4.74 Å². The number of hydrogen-bond donors (Lipinski definition) is 1. The maximum absolute atomic E-state index is 13.4. The molecule has 1 N–H and O–H groups in total. The molecule has 1 heterocycles. The van der Waals surface area contributed by atoms with Crippen LogP contribution in [0.4, 0.5) is 4.39 Å². The third-order valence-corrected chi connectivity index (χ3v) is 4.37. The summed E-state index contributed by atoms with van der Waals surface area (Å²) in [6.45, 7) is 6.18. The van der Waals surface area contributed by atoms with E-state index < -0.39 is 0 Å². The van der Waals surface area contributed by atoms with E-state index in [1.807, 2.05) is 11.8 Å². The van der Waals surface area contributed by atoms with Gasteiger partial charge >= 0.3 is 0 Å². The molecule has 4 nitrogen and oxygen atoms in total. The first-order valence-electron chi connectivity index (χ1n) is 7.86. The Morgan fingerprint density at radius 2 is 2.14 bits per heavy atom. The van der Waals surface area contributed by atoms with Crippen molar-refractivity contribution in [1.82, 2.24) is 10.2 Å². The number of methoxy groups -OCH3 is 1. The molecule has 1 aromatic rings. The van der Waals surface area contributed by atoms with Gasteiger partial charge in [-0.25, -0.2) is 4.39 Å². The van der Waals surface area contributed by atoms with Crippen molar-refractivity contribution in [3.8, 4) is 5.75 Å². The molecule has 2 rings (SSSR count). The van der Waals surface area contributed by atoms with Crippen LogP contribution in [0.2, 0.25) is 0 Å². The van der Waals surface area contributed by atoms with Crippen molar-refractivity contribution in [1.29, 1.82) is 0 Å². The number of hydrogen-bond acceptors (Lipinski definition) is 3. The normalized spacial score (nSPS) is 17.4. The lowest BCUT2D eigenvalue weighted by Crippen LogP contribution is -2.43. The monoisotopic (exact) mass is 308 g/mol. The van der Waals surface area contributed by atoms with Gasteiger partial charge in [0.05, 0.1) is 13.7 Å². The third-order valence-electron chi connectivity index (χ3n) is 4.37. The smallest absolute Gasteiger partial charge is 0.236 e. The maximum Gasteiger partial charge on any atom is 0.236 e. The Balaban J connectivity index is 1.87. The first-order chi connectivity index (χ1) is 10.5. The molecular formula is C17H25FN2O2. The first kappa shape index (κ1) is 16.7. The number of nitrogens with one attached hydrogen (secondary N) is 1. The van der Waals surface area contributed by atoms with Gasteiger partial charge in [-0.15, -0.1) is 0 Å². The van der Waals surface area contributed by atoms with E-state index in [1.165, 1.54) is 13.2 Å². The number of ether oxygens (including phenoxy) is 1. The zero-order valence-corrected chi connectivity index (χ0v) is 13.6. The van der Waals surface area contributed by atoms with Gasteiger partial charge in [-0.05, 0) is 43.4 Å². The van der Waals surface area contributed by atoms with Gasteiger partial charge in [0, 0.05) is 19.1 Å². The summed E-state index contributed by atoms with van der Waals surface area (Å²) in [5.74, 6) is 0.690. The van der Waals surface area contributed by atoms with Crippen molar-refractivity contribution in [2.24, 2.45) is 5.92 Å². The van der Waals surface area contributed by atoms with Gasteiger partial charge in [-0.3, -0.25) is 4.79 Å². The topological polar surface area (TPSA) is 41.6 Å². The summed E-state index contributed by atoms with van der Waals surface area (Å²) in [5.41, 5.74) is 0.901. The van der Waals surface area contributed by atoms with Crippen LogP contribution in [0.3, 0.4) is 0 Å². The van der Waals surface area contributed by atoms with E-state index in [2.05, 4.69) is 12.2 Å². The summed E-state index contributed by atoms with van der Waals surface area (Å²) in [4.78, 5) is 14.1. The van der Waals surface area contributed by atoms with Crippen molar-refractivity contribution in [3.63, 3.8) is 0 Å². The fourth-order valence-electron chi connectivity index (χ4n) is 2.67. The lowest BCUT2D eigenvalue weighted by molar-refractivity contribution is -0.131. The number of likely N-dealkylation sites (tertiary alicyclic amines) is 1. The zero-order chi connectivity index (χ0) is 16.1. The van der Waals surface area contributed by atoms with Crippen molar-refractivity contribution in [2.75, 3.05) is 26.7 Å². The Kier molecular flexibility index (Phi) is 5.77. The maximum atomic E-state index is 13.4. The number of nitrogens with zero attached hydrogens (tertiary/aromatic N) is 1. The number of piperidine rings is 1. The quantitative estimate of drug-likeness (QED) is 0.909. The van der Waals surface area contributed by atoms with Crippen LogP contribution in [0.5, 0.6) is 5.75 Å². The van der Waals surface area contributed by atoms with Crippen molar-refractivity contribution in [2.45, 2.75) is 32.7 Å². The number of halogens is 1. The van der Waals surface area contributed by atoms with Crippen LogP contribution in [-0.2, 0) is 4.79 Å². The Morgan fingerprint density at radius 1 is 1.45 bits per heavy atom. The molecule has 0 spiro atoms. The van der Waals surface area contributed by atoms with Crippen LogP contribution in [-0.4, -0.2) is 37.6 Å². The summed E-state index contributed by atoms with van der Waals surface area (Å²) >= 11 is 0. The van der Waals surface area contributed by atoms with Gasteiger partial charge in [-0.1, -0.05) is 13.0 Å². The summed E-state index contributed by atoms with van der Waals surface area (Å²) in [6.07, 6.45) is 2.16. The number of amides is 1. The predicted octanol–water partition coefficient (Wildman–Crippen LogP) is 2.74. The third kappa shape index (κ3) is 4.19. The molecule has 5 heteroatoms. The molecule has 0 unspecified atom stereocenters. The van der Waals surface area contributed by atoms with Crippen molar-refractivity contribution >= 4 is 5.91 Å². The van der Waals surface area contributed by atoms with Crippen LogP contribution >= 0.6 is 0 Å². The van der Waals surface area contributed by atoms with Gasteiger partial charge in [0.25, 0.3) is 0 Å². The van der Waals surface area contributed by atoms with Crippen LogP contribution in [0.15, 0.2) is 18.2 Å². The SMILES string of the molecule is COc1cc([C@@H](C)NCC(=O)N2CCC(C)CC2)ccc1F. The van der Waals surface area contributed by atoms with Gasteiger partial charge in [0.15, 0.2) is 11.6 Å². The van der Waals surface area contributed by atoms with Crippen LogP contribution in [0.25, 0.3) is 0 Å². The van der Waals surface area contributed by atoms with E-state index in [1.54, 1.807) is 12.1 Å². The molecule has 0 radical (unpaired) electrons. The number of benzene rings is 1. The Morgan fingerprint density at radius 3 is 2.77 bits per heavy atom. The number of carbonyl (C=O) groups excluding carboxylic acids is 1. The van der Waals surface area contributed by atoms with Crippen molar-refractivity contribution < 1.29 is 13.9 Å². The van der Waals surface area contributed by atoms with E-state index in [0.29, 0.717) is 12.5 Å². The molecule has 1 saturated heterocycles. The molecule has 0 aromatic heterocycles. The van der Waals surface area contributed by atoms with Crippen molar-refractivity contribution in [3.05, 3.63) is 29.6 Å². The van der Waals surface area contributed by atoms with E-state index in [0.717, 1.165) is 31.5 Å². The standard InChI is InChI=1S/C17H25FN2O2/c1-12-6-8-20(9-7-12)17(21)11-19-13(2)14-4-5-15(18)16(10-14)22-3/h4-5,10,12-13,19H,6-9,11H2,1-3H3/t13-/m1/s1. The first-order valence-corrected chi connectivity index (χ1v) is 7.86. The largest absolute Gasteiger partial charge is 0.494 e. The number of carbonyl (C=O) groups is 1. The lowest BCUT2D eigenvalue weighted by Gasteiger charge is -2.30. The predicted molar refractivity (Wildman–Crippen MR) is 84.3 cm³/mol. The molecule has 0 aliphatic carbocycles. The molecule has 122 valence electrons. The highest BCUT2D eigenvalue weighted by molar-refractivity contribution is 5.78. The lowest BCUT2D eigenvalue weighted by atomic mass is 9.99. The van der Waals surface area contributed by atoms with Gasteiger partial charge < -0.3 is 15.0 Å². The minimum Gasteiger partial charge on any atom is -0.494 e. The Hall–Kier alpha value is -1.62. The molecule has 1 amide bonds. The average molecular weight is 308 g/mol. The second-order valence-corrected chi connectivity index (χ2v) is 6.06. The highest BCUT2D eigenvalue weighted by Crippen LogP contribution is 2.22. The van der Waals surface area contributed by atoms with E-state index >= 15 is 0 Å². The molecule has 1 aliphatic rings. The zero-order valence-electron chi connectivity index (χ0n) is 13.6. The summed E-state index contributed by atoms with van der Waals surface area (Å²) in [5, 5.41) is 3.21. The molecule has 22 heavy (non-hydrogen) atoms. The minimum atomic E-state index is -0.378. The Bertz CT molecular complexity index is 513. The van der Waals surface area contributed by atoms with Crippen LogP contribution < -0.4 is 10.1 Å². The average Bonchev–Trinajstić information content (AvgIpc) is 2.53. The molecule has 0 saturated carbocycles. The number of rotatable bonds is 5.